The molecule has 1 fully saturated rings. The second kappa shape index (κ2) is 9.69. The van der Waals surface area contributed by atoms with Gasteiger partial charge < -0.3 is 5.32 Å². The molecule has 2 N–H and O–H groups in total. The van der Waals surface area contributed by atoms with Gasteiger partial charge in [0, 0.05) is 18.5 Å². The third kappa shape index (κ3) is 6.92. The van der Waals surface area contributed by atoms with Gasteiger partial charge in [0.25, 0.3) is 0 Å². The van der Waals surface area contributed by atoms with Gasteiger partial charge in [0.05, 0.1) is 4.75 Å². The number of carbonyl (C=O) groups is 1. The molecule has 1 aliphatic carbocycles. The van der Waals surface area contributed by atoms with Crippen molar-refractivity contribution in [2.24, 2.45) is 5.92 Å². The second-order valence-electron chi connectivity index (χ2n) is 8.52. The smallest absolute Gasteiger partial charge is 0.223 e. The summed E-state index contributed by atoms with van der Waals surface area (Å²) in [6, 6.07) is 10.3. The average molecular weight is 395 g/mol. The summed E-state index contributed by atoms with van der Waals surface area (Å²) in [7, 11) is -3.33. The van der Waals surface area contributed by atoms with E-state index in [1.54, 1.807) is 20.8 Å². The quantitative estimate of drug-likeness (QED) is 0.664. The highest BCUT2D eigenvalue weighted by Crippen LogP contribution is 2.26. The van der Waals surface area contributed by atoms with E-state index in [4.69, 9.17) is 0 Å². The fourth-order valence-electron chi connectivity index (χ4n) is 3.32. The molecular weight excluding hydrogens is 360 g/mol. The van der Waals surface area contributed by atoms with Crippen LogP contribution in [0.4, 0.5) is 0 Å². The Balaban J connectivity index is 1.63. The number of unbranched alkanes of at least 4 members (excludes halogenated alkanes) is 1. The third-order valence-corrected chi connectivity index (χ3v) is 7.52. The molecule has 6 heteroatoms. The molecular formula is C21H34N2O3S. The Kier molecular flexibility index (Phi) is 7.86. The first kappa shape index (κ1) is 21.9. The third-order valence-electron chi connectivity index (χ3n) is 5.26. The molecule has 0 saturated heterocycles. The van der Waals surface area contributed by atoms with Crippen LogP contribution in [0.1, 0.15) is 64.9 Å². The molecule has 0 aliphatic heterocycles. The van der Waals surface area contributed by atoms with Gasteiger partial charge in [-0.05, 0) is 71.3 Å². The van der Waals surface area contributed by atoms with Gasteiger partial charge in [0.1, 0.15) is 0 Å². The van der Waals surface area contributed by atoms with Gasteiger partial charge in [-0.1, -0.05) is 30.3 Å². The molecule has 0 heterocycles. The zero-order chi connectivity index (χ0) is 19.9. The maximum atomic E-state index is 12.3. The molecule has 0 atom stereocenters. The van der Waals surface area contributed by atoms with Crippen molar-refractivity contribution in [2.45, 2.75) is 76.5 Å². The summed E-state index contributed by atoms with van der Waals surface area (Å²) in [5, 5.41) is 3.05. The van der Waals surface area contributed by atoms with Crippen LogP contribution in [0.2, 0.25) is 0 Å². The van der Waals surface area contributed by atoms with E-state index >= 15 is 0 Å². The van der Waals surface area contributed by atoms with Crippen LogP contribution in [-0.4, -0.2) is 31.7 Å². The lowest BCUT2D eigenvalue weighted by molar-refractivity contribution is -0.126. The van der Waals surface area contributed by atoms with Crippen molar-refractivity contribution in [1.29, 1.82) is 0 Å². The van der Waals surface area contributed by atoms with Gasteiger partial charge in [-0.15, -0.1) is 0 Å². The highest BCUT2D eigenvalue weighted by molar-refractivity contribution is 7.90. The summed E-state index contributed by atoms with van der Waals surface area (Å²) >= 11 is 0. The van der Waals surface area contributed by atoms with Gasteiger partial charge in [0.2, 0.25) is 15.9 Å². The minimum absolute atomic E-state index is 0.00881. The molecule has 1 amide bonds. The molecule has 0 aromatic heterocycles. The molecule has 5 nitrogen and oxygen atoms in total. The van der Waals surface area contributed by atoms with E-state index in [0.717, 1.165) is 44.9 Å². The monoisotopic (exact) mass is 394 g/mol. The maximum Gasteiger partial charge on any atom is 0.223 e. The van der Waals surface area contributed by atoms with E-state index in [9.17, 15) is 13.2 Å². The summed E-state index contributed by atoms with van der Waals surface area (Å²) in [6.07, 6.45) is 6.01. The molecule has 27 heavy (non-hydrogen) atoms. The zero-order valence-corrected chi connectivity index (χ0v) is 17.6. The summed E-state index contributed by atoms with van der Waals surface area (Å²) in [5.41, 5.74) is 1.33. The van der Waals surface area contributed by atoms with E-state index in [-0.39, 0.29) is 17.9 Å². The van der Waals surface area contributed by atoms with Crippen LogP contribution in [-0.2, 0) is 21.2 Å². The largest absolute Gasteiger partial charge is 0.356 e. The number of amides is 1. The Bertz CT molecular complexity index is 688. The predicted octanol–water partition coefficient (Wildman–Crippen LogP) is 3.40. The molecule has 0 unspecified atom stereocenters. The Labute approximate surface area is 164 Å². The lowest BCUT2D eigenvalue weighted by atomic mass is 9.86. The first-order valence-corrected chi connectivity index (χ1v) is 11.5. The molecule has 152 valence electrons. The van der Waals surface area contributed by atoms with Crippen LogP contribution < -0.4 is 10.0 Å². The zero-order valence-electron chi connectivity index (χ0n) is 16.8. The number of rotatable bonds is 8. The standard InChI is InChI=1S/C21H34N2O3S/c1-21(2,3)27(25,26)23-19-14-12-18(13-15-19)20(24)22-16-8-7-11-17-9-5-4-6-10-17/h4-6,9-10,18-19,23H,7-8,11-16H2,1-3H3,(H,22,24). The molecule has 0 spiro atoms. The van der Waals surface area contributed by atoms with Crippen molar-refractivity contribution in [3.05, 3.63) is 35.9 Å². The van der Waals surface area contributed by atoms with Crippen molar-refractivity contribution in [3.63, 3.8) is 0 Å². The lowest BCUT2D eigenvalue weighted by Crippen LogP contribution is -2.46. The van der Waals surface area contributed by atoms with Crippen LogP contribution in [0, 0.1) is 5.92 Å². The summed E-state index contributed by atoms with van der Waals surface area (Å²) in [4.78, 5) is 12.3. The number of hydrogen-bond donors (Lipinski definition) is 2. The van der Waals surface area contributed by atoms with Crippen LogP contribution >= 0.6 is 0 Å². The predicted molar refractivity (Wildman–Crippen MR) is 110 cm³/mol. The number of benzene rings is 1. The Hall–Kier alpha value is -1.40. The number of hydrogen-bond acceptors (Lipinski definition) is 3. The van der Waals surface area contributed by atoms with Crippen LogP contribution in [0.15, 0.2) is 30.3 Å². The minimum atomic E-state index is -3.33. The summed E-state index contributed by atoms with van der Waals surface area (Å²) < 4.78 is 26.5. The highest BCUT2D eigenvalue weighted by Gasteiger charge is 2.33. The number of carbonyl (C=O) groups excluding carboxylic acids is 1. The molecule has 1 aromatic carbocycles. The molecule has 0 bridgehead atoms. The lowest BCUT2D eigenvalue weighted by Gasteiger charge is -2.30. The fraction of sp³-hybridized carbons (Fsp3) is 0.667. The molecule has 1 aliphatic rings. The van der Waals surface area contributed by atoms with E-state index in [1.807, 2.05) is 6.07 Å². The van der Waals surface area contributed by atoms with Gasteiger partial charge in [0.15, 0.2) is 0 Å². The molecule has 1 saturated carbocycles. The van der Waals surface area contributed by atoms with E-state index in [1.165, 1.54) is 5.56 Å². The van der Waals surface area contributed by atoms with E-state index < -0.39 is 14.8 Å². The van der Waals surface area contributed by atoms with Crippen molar-refractivity contribution in [2.75, 3.05) is 6.54 Å². The first-order chi connectivity index (χ1) is 12.7. The summed E-state index contributed by atoms with van der Waals surface area (Å²) in [6.45, 7) is 5.81. The average Bonchev–Trinajstić information content (AvgIpc) is 2.61. The Morgan fingerprint density at radius 1 is 1.04 bits per heavy atom. The normalized spacial score (nSPS) is 21.0. The van der Waals surface area contributed by atoms with E-state index in [2.05, 4.69) is 34.3 Å². The number of nitrogens with one attached hydrogen (secondary N) is 2. The Morgan fingerprint density at radius 2 is 1.67 bits per heavy atom. The SMILES string of the molecule is CC(C)(C)S(=O)(=O)NC1CCC(C(=O)NCCCCc2ccccc2)CC1. The Morgan fingerprint density at radius 3 is 2.26 bits per heavy atom. The topological polar surface area (TPSA) is 75.3 Å². The summed E-state index contributed by atoms with van der Waals surface area (Å²) in [5.74, 6) is 0.126. The second-order valence-corrected chi connectivity index (χ2v) is 11.0. The van der Waals surface area contributed by atoms with Gasteiger partial charge in [-0.25, -0.2) is 13.1 Å². The van der Waals surface area contributed by atoms with E-state index in [0.29, 0.717) is 6.54 Å². The van der Waals surface area contributed by atoms with Crippen molar-refractivity contribution >= 4 is 15.9 Å². The maximum absolute atomic E-state index is 12.3. The van der Waals surface area contributed by atoms with Gasteiger partial charge >= 0.3 is 0 Å². The van der Waals surface area contributed by atoms with Crippen molar-refractivity contribution in [3.8, 4) is 0 Å². The molecule has 2 rings (SSSR count). The van der Waals surface area contributed by atoms with Crippen LogP contribution in [0.25, 0.3) is 0 Å². The van der Waals surface area contributed by atoms with Crippen LogP contribution in [0.5, 0.6) is 0 Å². The highest BCUT2D eigenvalue weighted by atomic mass is 32.2. The first-order valence-electron chi connectivity index (χ1n) is 10.0. The molecule has 0 radical (unpaired) electrons. The minimum Gasteiger partial charge on any atom is -0.356 e. The van der Waals surface area contributed by atoms with Crippen molar-refractivity contribution in [1.82, 2.24) is 10.0 Å². The van der Waals surface area contributed by atoms with Crippen molar-refractivity contribution < 1.29 is 13.2 Å². The number of aryl methyl sites for hydroxylation is 1. The van der Waals surface area contributed by atoms with Gasteiger partial charge in [-0.3, -0.25) is 4.79 Å². The van der Waals surface area contributed by atoms with Crippen LogP contribution in [0.3, 0.4) is 0 Å². The molecule has 1 aromatic rings. The van der Waals surface area contributed by atoms with Gasteiger partial charge in [-0.2, -0.15) is 0 Å². The number of sulfonamides is 1. The fourth-order valence-corrected chi connectivity index (χ4v) is 4.35.